The van der Waals surface area contributed by atoms with Crippen molar-refractivity contribution >= 4 is 16.6 Å². The minimum atomic E-state index is -0.398. The zero-order valence-corrected chi connectivity index (χ0v) is 11.5. The van der Waals surface area contributed by atoms with Crippen LogP contribution in [0.25, 0.3) is 10.9 Å². The van der Waals surface area contributed by atoms with Crippen molar-refractivity contribution in [2.75, 3.05) is 0 Å². The maximum Gasteiger partial charge on any atom is 0.310 e. The molecule has 1 aromatic carbocycles. The first-order valence-corrected chi connectivity index (χ1v) is 6.77. The lowest BCUT2D eigenvalue weighted by Gasteiger charge is -2.14. The molecule has 0 fully saturated rings. The Morgan fingerprint density at radius 1 is 1.29 bits per heavy atom. The van der Waals surface area contributed by atoms with Gasteiger partial charge in [0.15, 0.2) is 5.76 Å². The highest BCUT2D eigenvalue weighted by molar-refractivity contribution is 5.83. The summed E-state index contributed by atoms with van der Waals surface area (Å²) in [4.78, 5) is 15.1. The van der Waals surface area contributed by atoms with Gasteiger partial charge < -0.3 is 4.42 Å². The van der Waals surface area contributed by atoms with E-state index in [-0.39, 0.29) is 11.6 Å². The molecule has 1 atom stereocenters. The number of nitro groups is 1. The Morgan fingerprint density at radius 3 is 2.86 bits per heavy atom. The summed E-state index contributed by atoms with van der Waals surface area (Å²) in [6.07, 6.45) is 3.82. The first-order chi connectivity index (χ1) is 10.2. The molecule has 0 spiro atoms. The van der Waals surface area contributed by atoms with Crippen molar-refractivity contribution in [2.24, 2.45) is 0 Å². The van der Waals surface area contributed by atoms with Gasteiger partial charge in [-0.25, -0.2) is 0 Å². The molecular formula is C16H14N2O3. The van der Waals surface area contributed by atoms with Crippen molar-refractivity contribution < 1.29 is 9.34 Å². The van der Waals surface area contributed by atoms with Gasteiger partial charge in [0, 0.05) is 17.5 Å². The van der Waals surface area contributed by atoms with E-state index in [2.05, 4.69) is 4.98 Å². The molecule has 0 N–H and O–H groups in total. The molecule has 106 valence electrons. The van der Waals surface area contributed by atoms with Gasteiger partial charge in [0.2, 0.25) is 0 Å². The van der Waals surface area contributed by atoms with Crippen molar-refractivity contribution in [3.63, 3.8) is 0 Å². The molecule has 2 heterocycles. The third-order valence-electron chi connectivity index (χ3n) is 3.65. The maximum atomic E-state index is 11.1. The zero-order valence-electron chi connectivity index (χ0n) is 11.5. The lowest BCUT2D eigenvalue weighted by atomic mass is 9.91. The van der Waals surface area contributed by atoms with Crippen LogP contribution in [0.2, 0.25) is 0 Å². The number of para-hydroxylation sites is 1. The molecule has 0 aliphatic heterocycles. The molecule has 21 heavy (non-hydrogen) atoms. The number of fused-ring (bicyclic) bond motifs is 1. The summed E-state index contributed by atoms with van der Waals surface area (Å²) in [5, 5.41) is 12.1. The molecule has 0 saturated heterocycles. The number of aromatic nitrogens is 1. The predicted molar refractivity (Wildman–Crippen MR) is 79.2 cm³/mol. The number of nitrogens with zero attached hydrogens (tertiary/aromatic N) is 2. The van der Waals surface area contributed by atoms with E-state index in [4.69, 9.17) is 4.42 Å². The van der Waals surface area contributed by atoms with E-state index in [9.17, 15) is 10.1 Å². The summed E-state index contributed by atoms with van der Waals surface area (Å²) in [6, 6.07) is 11.1. The molecule has 0 aliphatic carbocycles. The van der Waals surface area contributed by atoms with E-state index < -0.39 is 4.92 Å². The maximum absolute atomic E-state index is 11.1. The van der Waals surface area contributed by atoms with E-state index in [0.717, 1.165) is 16.5 Å². The second-order valence-electron chi connectivity index (χ2n) is 4.81. The predicted octanol–water partition coefficient (Wildman–Crippen LogP) is 4.28. The molecule has 0 bridgehead atoms. The van der Waals surface area contributed by atoms with Crippen molar-refractivity contribution in [3.8, 4) is 0 Å². The zero-order chi connectivity index (χ0) is 14.8. The van der Waals surface area contributed by atoms with E-state index in [0.29, 0.717) is 12.2 Å². The Balaban J connectivity index is 2.19. The van der Waals surface area contributed by atoms with Gasteiger partial charge in [0.25, 0.3) is 0 Å². The van der Waals surface area contributed by atoms with Crippen molar-refractivity contribution in [3.05, 3.63) is 70.3 Å². The van der Waals surface area contributed by atoms with Crippen LogP contribution in [-0.4, -0.2) is 9.91 Å². The lowest BCUT2D eigenvalue weighted by Crippen LogP contribution is -2.03. The van der Waals surface area contributed by atoms with Crippen LogP contribution >= 0.6 is 0 Å². The average molecular weight is 282 g/mol. The Morgan fingerprint density at radius 2 is 2.10 bits per heavy atom. The molecule has 2 aromatic heterocycles. The summed E-state index contributed by atoms with van der Waals surface area (Å²) in [7, 11) is 0. The van der Waals surface area contributed by atoms with Gasteiger partial charge in [-0.2, -0.15) is 0 Å². The minimum Gasteiger partial charge on any atom is -0.461 e. The van der Waals surface area contributed by atoms with Crippen molar-refractivity contribution in [2.45, 2.75) is 19.3 Å². The van der Waals surface area contributed by atoms with Gasteiger partial charge in [-0.3, -0.25) is 15.1 Å². The fourth-order valence-electron chi connectivity index (χ4n) is 2.69. The minimum absolute atomic E-state index is 0.0303. The van der Waals surface area contributed by atoms with Crippen LogP contribution in [0, 0.1) is 10.1 Å². The van der Waals surface area contributed by atoms with Gasteiger partial charge >= 0.3 is 5.69 Å². The van der Waals surface area contributed by atoms with E-state index >= 15 is 0 Å². The molecule has 3 aromatic rings. The summed E-state index contributed by atoms with van der Waals surface area (Å²) >= 11 is 0. The Bertz CT molecular complexity index is 790. The molecule has 5 nitrogen and oxygen atoms in total. The van der Waals surface area contributed by atoms with E-state index in [1.807, 2.05) is 37.3 Å². The number of pyridine rings is 1. The topological polar surface area (TPSA) is 69.2 Å². The SMILES string of the molecule is CCC(c1occc1[N+](=O)[O-])c1ccnc2ccccc12. The fraction of sp³-hybridized carbons (Fsp3) is 0.188. The van der Waals surface area contributed by atoms with E-state index in [1.54, 1.807) is 6.20 Å². The first kappa shape index (κ1) is 13.3. The highest BCUT2D eigenvalue weighted by Crippen LogP contribution is 2.37. The Labute approximate surface area is 121 Å². The smallest absolute Gasteiger partial charge is 0.310 e. The van der Waals surface area contributed by atoms with Crippen LogP contribution < -0.4 is 0 Å². The quantitative estimate of drug-likeness (QED) is 0.529. The summed E-state index contributed by atoms with van der Waals surface area (Å²) in [5.74, 6) is 0.243. The summed E-state index contributed by atoms with van der Waals surface area (Å²) < 4.78 is 5.42. The molecular weight excluding hydrogens is 268 g/mol. The Hall–Kier alpha value is -2.69. The van der Waals surface area contributed by atoms with Crippen LogP contribution in [0.3, 0.4) is 0 Å². The van der Waals surface area contributed by atoms with Crippen molar-refractivity contribution in [1.82, 2.24) is 4.98 Å². The molecule has 0 aliphatic rings. The van der Waals surface area contributed by atoms with Crippen molar-refractivity contribution in [1.29, 1.82) is 0 Å². The number of benzene rings is 1. The van der Waals surface area contributed by atoms with Gasteiger partial charge in [-0.05, 0) is 24.1 Å². The second kappa shape index (κ2) is 5.36. The molecule has 3 rings (SSSR count). The largest absolute Gasteiger partial charge is 0.461 e. The van der Waals surface area contributed by atoms with Crippen LogP contribution in [0.1, 0.15) is 30.6 Å². The number of hydrogen-bond acceptors (Lipinski definition) is 4. The monoisotopic (exact) mass is 282 g/mol. The summed E-state index contributed by atoms with van der Waals surface area (Å²) in [6.45, 7) is 1.99. The fourth-order valence-corrected chi connectivity index (χ4v) is 2.69. The van der Waals surface area contributed by atoms with Gasteiger partial charge in [-0.15, -0.1) is 0 Å². The third-order valence-corrected chi connectivity index (χ3v) is 3.65. The number of hydrogen-bond donors (Lipinski definition) is 0. The van der Waals surface area contributed by atoms with Crippen LogP contribution in [0.5, 0.6) is 0 Å². The molecule has 0 amide bonds. The number of rotatable bonds is 4. The van der Waals surface area contributed by atoms with Crippen LogP contribution in [0.4, 0.5) is 5.69 Å². The standard InChI is InChI=1S/C16H14N2O3/c1-2-11(16-15(18(19)20)8-10-21-16)12-7-9-17-14-6-4-3-5-13(12)14/h3-11H,2H2,1H3. The summed E-state index contributed by atoms with van der Waals surface area (Å²) in [5.41, 5.74) is 1.91. The molecule has 0 saturated carbocycles. The highest BCUT2D eigenvalue weighted by atomic mass is 16.6. The van der Waals surface area contributed by atoms with Gasteiger partial charge in [-0.1, -0.05) is 25.1 Å². The lowest BCUT2D eigenvalue weighted by molar-refractivity contribution is -0.386. The number of furan rings is 1. The highest BCUT2D eigenvalue weighted by Gasteiger charge is 2.27. The average Bonchev–Trinajstić information content (AvgIpc) is 2.98. The van der Waals surface area contributed by atoms with E-state index in [1.165, 1.54) is 12.3 Å². The first-order valence-electron chi connectivity index (χ1n) is 6.77. The normalized spacial score (nSPS) is 12.4. The van der Waals surface area contributed by atoms with Gasteiger partial charge in [0.1, 0.15) is 0 Å². The molecule has 1 unspecified atom stereocenters. The van der Waals surface area contributed by atoms with Gasteiger partial charge in [0.05, 0.1) is 22.8 Å². The third kappa shape index (κ3) is 2.27. The second-order valence-corrected chi connectivity index (χ2v) is 4.81. The van der Waals surface area contributed by atoms with Crippen LogP contribution in [-0.2, 0) is 0 Å². The molecule has 5 heteroatoms. The molecule has 0 radical (unpaired) electrons. The Kier molecular flexibility index (Phi) is 3.39. The van der Waals surface area contributed by atoms with Crippen LogP contribution in [0.15, 0.2) is 53.3 Å².